The van der Waals surface area contributed by atoms with E-state index in [1.54, 1.807) is 6.92 Å². The van der Waals surface area contributed by atoms with Gasteiger partial charge in [0.05, 0.1) is 11.8 Å². The molecule has 0 spiro atoms. The van der Waals surface area contributed by atoms with Crippen molar-refractivity contribution in [2.75, 3.05) is 0 Å². The Kier molecular flexibility index (Phi) is 2.10. The standard InChI is InChI=1S/C13H16N2O4/c1-12(2)7-8(12)10(18)15(9(7)17)13(3)5-4-6(16)14-11(13)19/h7-8H,4-5H2,1-3H3,(H,14,16,19). The lowest BCUT2D eigenvalue weighted by Gasteiger charge is -2.39. The molecular formula is C13H16N2O4. The van der Waals surface area contributed by atoms with Gasteiger partial charge in [0.15, 0.2) is 0 Å². The zero-order valence-electron chi connectivity index (χ0n) is 11.1. The second kappa shape index (κ2) is 3.23. The third-order valence-corrected chi connectivity index (χ3v) is 4.87. The maximum absolute atomic E-state index is 12.3. The van der Waals surface area contributed by atoms with Gasteiger partial charge in [0.1, 0.15) is 5.54 Å². The number of imide groups is 2. The molecule has 0 radical (unpaired) electrons. The molecule has 0 aromatic heterocycles. The molecule has 1 aliphatic carbocycles. The summed E-state index contributed by atoms with van der Waals surface area (Å²) in [5, 5.41) is 2.21. The summed E-state index contributed by atoms with van der Waals surface area (Å²) in [4.78, 5) is 49.0. The van der Waals surface area contributed by atoms with Crippen molar-refractivity contribution in [2.24, 2.45) is 17.3 Å². The number of piperidine rings is 2. The van der Waals surface area contributed by atoms with Gasteiger partial charge in [-0.25, -0.2) is 0 Å². The van der Waals surface area contributed by atoms with Crippen LogP contribution in [0.2, 0.25) is 0 Å². The molecule has 3 unspecified atom stereocenters. The van der Waals surface area contributed by atoms with Crippen molar-refractivity contribution in [3.05, 3.63) is 0 Å². The Morgan fingerprint density at radius 2 is 1.58 bits per heavy atom. The Balaban J connectivity index is 1.92. The number of nitrogens with zero attached hydrogens (tertiary/aromatic N) is 1. The van der Waals surface area contributed by atoms with E-state index in [1.165, 1.54) is 0 Å². The van der Waals surface area contributed by atoms with Crippen molar-refractivity contribution < 1.29 is 19.2 Å². The van der Waals surface area contributed by atoms with Gasteiger partial charge in [-0.1, -0.05) is 13.8 Å². The number of carbonyl (C=O) groups is 4. The van der Waals surface area contributed by atoms with Gasteiger partial charge in [-0.05, 0) is 18.8 Å². The molecule has 0 aromatic carbocycles. The monoisotopic (exact) mass is 264 g/mol. The van der Waals surface area contributed by atoms with E-state index in [-0.39, 0.29) is 47.8 Å². The molecule has 4 amide bonds. The highest BCUT2D eigenvalue weighted by Crippen LogP contribution is 2.64. The van der Waals surface area contributed by atoms with Crippen LogP contribution in [0.3, 0.4) is 0 Å². The third kappa shape index (κ3) is 1.31. The van der Waals surface area contributed by atoms with Crippen LogP contribution in [0.4, 0.5) is 0 Å². The molecule has 19 heavy (non-hydrogen) atoms. The van der Waals surface area contributed by atoms with E-state index in [2.05, 4.69) is 5.32 Å². The van der Waals surface area contributed by atoms with Gasteiger partial charge in [-0.15, -0.1) is 0 Å². The van der Waals surface area contributed by atoms with Gasteiger partial charge in [0.25, 0.3) is 5.91 Å². The molecular weight excluding hydrogens is 248 g/mol. The first-order chi connectivity index (χ1) is 8.71. The molecule has 3 fully saturated rings. The first kappa shape index (κ1) is 12.3. The summed E-state index contributed by atoms with van der Waals surface area (Å²) in [6.07, 6.45) is 0.354. The molecule has 2 aliphatic heterocycles. The Morgan fingerprint density at radius 1 is 1.05 bits per heavy atom. The van der Waals surface area contributed by atoms with E-state index in [0.29, 0.717) is 0 Å². The molecule has 1 saturated carbocycles. The Morgan fingerprint density at radius 3 is 2.05 bits per heavy atom. The first-order valence-electron chi connectivity index (χ1n) is 6.43. The summed E-state index contributed by atoms with van der Waals surface area (Å²) in [5.74, 6) is -2.06. The molecule has 3 aliphatic rings. The van der Waals surface area contributed by atoms with Gasteiger partial charge in [-0.2, -0.15) is 0 Å². The van der Waals surface area contributed by atoms with Gasteiger partial charge >= 0.3 is 0 Å². The number of carbonyl (C=O) groups excluding carboxylic acids is 4. The van der Waals surface area contributed by atoms with Crippen molar-refractivity contribution in [3.8, 4) is 0 Å². The lowest BCUT2D eigenvalue weighted by Crippen LogP contribution is -2.63. The van der Waals surface area contributed by atoms with Crippen LogP contribution in [-0.2, 0) is 19.2 Å². The van der Waals surface area contributed by atoms with E-state index in [4.69, 9.17) is 0 Å². The minimum Gasteiger partial charge on any atom is -0.294 e. The van der Waals surface area contributed by atoms with Crippen LogP contribution in [0.25, 0.3) is 0 Å². The summed E-state index contributed by atoms with van der Waals surface area (Å²) in [6.45, 7) is 5.34. The van der Waals surface area contributed by atoms with Crippen molar-refractivity contribution in [3.63, 3.8) is 0 Å². The fraction of sp³-hybridized carbons (Fsp3) is 0.692. The van der Waals surface area contributed by atoms with Crippen LogP contribution in [-0.4, -0.2) is 34.1 Å². The molecule has 0 aromatic rings. The number of fused-ring (bicyclic) bond motifs is 1. The van der Waals surface area contributed by atoms with Crippen LogP contribution >= 0.6 is 0 Å². The number of likely N-dealkylation sites (tertiary alicyclic amines) is 1. The summed E-state index contributed by atoms with van der Waals surface area (Å²) < 4.78 is 0. The first-order valence-corrected chi connectivity index (χ1v) is 6.43. The molecule has 102 valence electrons. The zero-order chi connectivity index (χ0) is 14.2. The molecule has 6 heteroatoms. The quantitative estimate of drug-likeness (QED) is 0.666. The predicted octanol–water partition coefficient (Wildman–Crippen LogP) is -0.177. The number of amides is 4. The molecule has 1 N–H and O–H groups in total. The predicted molar refractivity (Wildman–Crippen MR) is 63.4 cm³/mol. The number of hydrogen-bond acceptors (Lipinski definition) is 4. The van der Waals surface area contributed by atoms with Gasteiger partial charge in [0.2, 0.25) is 17.7 Å². The minimum atomic E-state index is -1.22. The topological polar surface area (TPSA) is 83.6 Å². The highest BCUT2D eigenvalue weighted by atomic mass is 16.2. The highest BCUT2D eigenvalue weighted by Gasteiger charge is 2.75. The lowest BCUT2D eigenvalue weighted by atomic mass is 9.88. The fourth-order valence-corrected chi connectivity index (χ4v) is 3.44. The van der Waals surface area contributed by atoms with Crippen LogP contribution in [0.5, 0.6) is 0 Å². The normalized spacial score (nSPS) is 40.3. The summed E-state index contributed by atoms with van der Waals surface area (Å²) in [7, 11) is 0. The Hall–Kier alpha value is -1.72. The second-order valence-corrected chi connectivity index (χ2v) is 6.44. The van der Waals surface area contributed by atoms with Gasteiger partial charge < -0.3 is 0 Å². The molecule has 2 saturated heterocycles. The molecule has 2 heterocycles. The Labute approximate surface area is 110 Å². The van der Waals surface area contributed by atoms with E-state index >= 15 is 0 Å². The van der Waals surface area contributed by atoms with Crippen molar-refractivity contribution >= 4 is 23.6 Å². The lowest BCUT2D eigenvalue weighted by molar-refractivity contribution is -0.160. The van der Waals surface area contributed by atoms with E-state index in [0.717, 1.165) is 4.90 Å². The van der Waals surface area contributed by atoms with Crippen LogP contribution in [0, 0.1) is 17.3 Å². The molecule has 6 nitrogen and oxygen atoms in total. The number of hydrogen-bond donors (Lipinski definition) is 1. The van der Waals surface area contributed by atoms with E-state index < -0.39 is 11.4 Å². The number of nitrogens with one attached hydrogen (secondary N) is 1. The van der Waals surface area contributed by atoms with Gasteiger partial charge in [0, 0.05) is 6.42 Å². The summed E-state index contributed by atoms with van der Waals surface area (Å²) in [6, 6.07) is 0. The maximum Gasteiger partial charge on any atom is 0.252 e. The molecule has 3 rings (SSSR count). The SMILES string of the molecule is CC1(C)C2C(=O)N(C3(C)CCC(=O)NC3=O)C(=O)C21. The van der Waals surface area contributed by atoms with E-state index in [9.17, 15) is 19.2 Å². The average Bonchev–Trinajstić information content (AvgIpc) is 2.74. The summed E-state index contributed by atoms with van der Waals surface area (Å²) >= 11 is 0. The fourth-order valence-electron chi connectivity index (χ4n) is 3.44. The van der Waals surface area contributed by atoms with Crippen LogP contribution in [0.15, 0.2) is 0 Å². The van der Waals surface area contributed by atoms with Crippen LogP contribution in [0.1, 0.15) is 33.6 Å². The minimum absolute atomic E-state index is 0.151. The molecule has 0 bridgehead atoms. The second-order valence-electron chi connectivity index (χ2n) is 6.44. The summed E-state index contributed by atoms with van der Waals surface area (Å²) in [5.41, 5.74) is -1.51. The maximum atomic E-state index is 12.3. The number of rotatable bonds is 1. The Bertz CT molecular complexity index is 515. The smallest absolute Gasteiger partial charge is 0.252 e. The van der Waals surface area contributed by atoms with Crippen molar-refractivity contribution in [1.29, 1.82) is 0 Å². The van der Waals surface area contributed by atoms with Crippen LogP contribution < -0.4 is 5.32 Å². The third-order valence-electron chi connectivity index (χ3n) is 4.87. The van der Waals surface area contributed by atoms with E-state index in [1.807, 2.05) is 13.8 Å². The van der Waals surface area contributed by atoms with Gasteiger partial charge in [-0.3, -0.25) is 29.4 Å². The molecule has 3 atom stereocenters. The zero-order valence-corrected chi connectivity index (χ0v) is 11.1. The van der Waals surface area contributed by atoms with Crippen molar-refractivity contribution in [1.82, 2.24) is 10.2 Å². The highest BCUT2D eigenvalue weighted by molar-refractivity contribution is 6.15. The average molecular weight is 264 g/mol. The van der Waals surface area contributed by atoms with Crippen molar-refractivity contribution in [2.45, 2.75) is 39.2 Å². The largest absolute Gasteiger partial charge is 0.294 e.